The van der Waals surface area contributed by atoms with Crippen LogP contribution in [0.4, 0.5) is 18.9 Å². The fourth-order valence-corrected chi connectivity index (χ4v) is 3.05. The molecule has 2 heterocycles. The first-order valence-corrected chi connectivity index (χ1v) is 8.28. The van der Waals surface area contributed by atoms with Gasteiger partial charge in [0.2, 0.25) is 5.91 Å². The van der Waals surface area contributed by atoms with Gasteiger partial charge in [-0.3, -0.25) is 14.2 Å². The van der Waals surface area contributed by atoms with Crippen LogP contribution in [0.2, 0.25) is 0 Å². The number of amides is 1. The molecular formula is C19H13F3N4O2. The third kappa shape index (κ3) is 2.81. The lowest BCUT2D eigenvalue weighted by atomic mass is 10.2. The number of nitrogens with one attached hydrogen (secondary N) is 1. The summed E-state index contributed by atoms with van der Waals surface area (Å²) >= 11 is 0. The molecule has 9 heteroatoms. The van der Waals surface area contributed by atoms with E-state index in [4.69, 9.17) is 0 Å². The topological polar surface area (TPSA) is 68.4 Å². The van der Waals surface area contributed by atoms with E-state index < -0.39 is 41.2 Å². The van der Waals surface area contributed by atoms with Gasteiger partial charge in [0.25, 0.3) is 5.56 Å². The van der Waals surface area contributed by atoms with Crippen LogP contribution in [0.1, 0.15) is 5.69 Å². The molecule has 0 saturated heterocycles. The van der Waals surface area contributed by atoms with Gasteiger partial charge >= 0.3 is 0 Å². The molecule has 1 N–H and O–H groups in total. The van der Waals surface area contributed by atoms with Gasteiger partial charge in [0.05, 0.1) is 22.3 Å². The Bertz CT molecular complexity index is 1310. The number of aromatic nitrogens is 3. The first-order valence-electron chi connectivity index (χ1n) is 8.28. The Morgan fingerprint density at radius 1 is 1.11 bits per heavy atom. The molecule has 2 aromatic heterocycles. The first-order chi connectivity index (χ1) is 13.4. The molecular weight excluding hydrogens is 373 g/mol. The van der Waals surface area contributed by atoms with Gasteiger partial charge < -0.3 is 5.32 Å². The molecule has 2 aromatic carbocycles. The normalized spacial score (nSPS) is 11.3. The number of anilines is 1. The van der Waals surface area contributed by atoms with Crippen molar-refractivity contribution in [3.63, 3.8) is 0 Å². The van der Waals surface area contributed by atoms with E-state index in [1.165, 1.54) is 9.08 Å². The van der Waals surface area contributed by atoms with E-state index in [2.05, 4.69) is 10.4 Å². The van der Waals surface area contributed by atoms with Gasteiger partial charge in [0.15, 0.2) is 17.5 Å². The summed E-state index contributed by atoms with van der Waals surface area (Å²) in [5, 5.41) is 6.86. The molecule has 0 radical (unpaired) electrons. The molecule has 0 aliphatic rings. The van der Waals surface area contributed by atoms with Gasteiger partial charge in [-0.1, -0.05) is 12.1 Å². The molecule has 142 valence electrons. The number of para-hydroxylation sites is 1. The molecule has 0 aliphatic carbocycles. The van der Waals surface area contributed by atoms with Gasteiger partial charge in [-0.2, -0.15) is 5.10 Å². The molecule has 1 amide bonds. The first kappa shape index (κ1) is 17.8. The molecule has 0 saturated carbocycles. The van der Waals surface area contributed by atoms with Crippen LogP contribution in [-0.4, -0.2) is 20.1 Å². The Hall–Kier alpha value is -3.62. The highest BCUT2D eigenvalue weighted by atomic mass is 19.2. The molecule has 0 spiro atoms. The maximum absolute atomic E-state index is 13.8. The zero-order chi connectivity index (χ0) is 20.0. The Kier molecular flexibility index (Phi) is 4.14. The lowest BCUT2D eigenvalue weighted by Crippen LogP contribution is -2.29. The van der Waals surface area contributed by atoms with Crippen LogP contribution >= 0.6 is 0 Å². The monoisotopic (exact) mass is 386 g/mol. The molecule has 28 heavy (non-hydrogen) atoms. The third-order valence-electron chi connectivity index (χ3n) is 4.31. The number of aryl methyl sites for hydroxylation is 1. The lowest BCUT2D eigenvalue weighted by molar-refractivity contribution is -0.116. The summed E-state index contributed by atoms with van der Waals surface area (Å²) in [4.78, 5) is 25.2. The largest absolute Gasteiger partial charge is 0.322 e. The maximum Gasteiger partial charge on any atom is 0.262 e. The van der Waals surface area contributed by atoms with E-state index in [-0.39, 0.29) is 0 Å². The number of fused-ring (bicyclic) bond motifs is 3. The number of hydrogen-bond acceptors (Lipinski definition) is 3. The van der Waals surface area contributed by atoms with Crippen molar-refractivity contribution in [3.8, 4) is 0 Å². The molecule has 0 bridgehead atoms. The molecule has 0 atom stereocenters. The molecule has 4 rings (SSSR count). The Morgan fingerprint density at radius 3 is 2.64 bits per heavy atom. The number of nitrogens with zero attached hydrogens (tertiary/aromatic N) is 3. The zero-order valence-corrected chi connectivity index (χ0v) is 14.5. The van der Waals surface area contributed by atoms with E-state index in [0.717, 1.165) is 6.07 Å². The predicted molar refractivity (Wildman–Crippen MR) is 96.6 cm³/mol. The van der Waals surface area contributed by atoms with Gasteiger partial charge in [0.1, 0.15) is 12.2 Å². The second-order valence-electron chi connectivity index (χ2n) is 6.24. The lowest BCUT2D eigenvalue weighted by Gasteiger charge is -2.12. The summed E-state index contributed by atoms with van der Waals surface area (Å²) in [5.74, 6) is -5.33. The fraction of sp³-hybridized carbons (Fsp3) is 0.105. The summed E-state index contributed by atoms with van der Waals surface area (Å²) < 4.78 is 42.9. The summed E-state index contributed by atoms with van der Waals surface area (Å²) in [6, 6.07) is 10.0. The van der Waals surface area contributed by atoms with Crippen molar-refractivity contribution in [1.29, 1.82) is 0 Å². The standard InChI is InChI=1S/C19H13F3N4O2/c1-10-8-16-25(19(28)11-4-2-3-5-14(11)26(16)24-10)9-15(27)23-13-7-6-12(20)17(21)18(13)22/h2-8H,9H2,1H3,(H,23,27). The minimum atomic E-state index is -1.69. The molecule has 4 aromatic rings. The van der Waals surface area contributed by atoms with E-state index in [0.29, 0.717) is 28.3 Å². The maximum atomic E-state index is 13.8. The van der Waals surface area contributed by atoms with Gasteiger partial charge in [0, 0.05) is 6.07 Å². The van der Waals surface area contributed by atoms with Gasteiger partial charge in [-0.25, -0.2) is 17.7 Å². The summed E-state index contributed by atoms with van der Waals surface area (Å²) in [7, 11) is 0. The number of benzene rings is 2. The SMILES string of the molecule is Cc1cc2n(CC(=O)Nc3ccc(F)c(F)c3F)c(=O)c3ccccc3n2n1. The van der Waals surface area contributed by atoms with Crippen molar-refractivity contribution in [2.75, 3.05) is 5.32 Å². The van der Waals surface area contributed by atoms with Crippen molar-refractivity contribution in [1.82, 2.24) is 14.2 Å². The number of rotatable bonds is 3. The number of carbonyl (C=O) groups is 1. The quantitative estimate of drug-likeness (QED) is 0.551. The van der Waals surface area contributed by atoms with Crippen LogP contribution in [-0.2, 0) is 11.3 Å². The van der Waals surface area contributed by atoms with E-state index in [1.54, 1.807) is 37.3 Å². The van der Waals surface area contributed by atoms with Gasteiger partial charge in [-0.05, 0) is 31.2 Å². The average Bonchev–Trinajstić information content (AvgIpc) is 3.07. The fourth-order valence-electron chi connectivity index (χ4n) is 3.05. The van der Waals surface area contributed by atoms with Crippen LogP contribution in [0.15, 0.2) is 47.3 Å². The molecule has 0 aliphatic heterocycles. The van der Waals surface area contributed by atoms with Crippen LogP contribution < -0.4 is 10.9 Å². The zero-order valence-electron chi connectivity index (χ0n) is 14.5. The summed E-state index contributed by atoms with van der Waals surface area (Å²) in [5.41, 5.74) is 0.653. The van der Waals surface area contributed by atoms with Crippen LogP contribution in [0, 0.1) is 24.4 Å². The summed E-state index contributed by atoms with van der Waals surface area (Å²) in [6.45, 7) is 1.28. The van der Waals surface area contributed by atoms with Crippen molar-refractivity contribution in [2.45, 2.75) is 13.5 Å². The van der Waals surface area contributed by atoms with E-state index >= 15 is 0 Å². The highest BCUT2D eigenvalue weighted by Crippen LogP contribution is 2.20. The predicted octanol–water partition coefficient (Wildman–Crippen LogP) is 3.01. The molecule has 6 nitrogen and oxygen atoms in total. The third-order valence-corrected chi connectivity index (χ3v) is 4.31. The van der Waals surface area contributed by atoms with Crippen molar-refractivity contribution in [2.24, 2.45) is 0 Å². The minimum absolute atomic E-state index is 0.352. The average molecular weight is 386 g/mol. The number of carbonyl (C=O) groups excluding carboxylic acids is 1. The smallest absolute Gasteiger partial charge is 0.262 e. The van der Waals surface area contributed by atoms with E-state index in [1.807, 2.05) is 0 Å². The Labute approximate surface area is 155 Å². The van der Waals surface area contributed by atoms with Gasteiger partial charge in [-0.15, -0.1) is 0 Å². The highest BCUT2D eigenvalue weighted by Gasteiger charge is 2.18. The number of hydrogen-bond donors (Lipinski definition) is 1. The Morgan fingerprint density at radius 2 is 1.86 bits per heavy atom. The van der Waals surface area contributed by atoms with Crippen LogP contribution in [0.25, 0.3) is 16.6 Å². The van der Waals surface area contributed by atoms with Crippen LogP contribution in [0.5, 0.6) is 0 Å². The minimum Gasteiger partial charge on any atom is -0.322 e. The second kappa shape index (κ2) is 6.52. The van der Waals surface area contributed by atoms with E-state index in [9.17, 15) is 22.8 Å². The van der Waals surface area contributed by atoms with Crippen molar-refractivity contribution < 1.29 is 18.0 Å². The molecule has 0 fully saturated rings. The van der Waals surface area contributed by atoms with Crippen LogP contribution in [0.3, 0.4) is 0 Å². The second-order valence-corrected chi connectivity index (χ2v) is 6.24. The van der Waals surface area contributed by atoms with Crippen molar-refractivity contribution in [3.05, 3.63) is 76.0 Å². The number of halogens is 3. The summed E-state index contributed by atoms with van der Waals surface area (Å²) in [6.07, 6.45) is 0. The van der Waals surface area contributed by atoms with Crippen molar-refractivity contribution >= 4 is 28.1 Å². The highest BCUT2D eigenvalue weighted by molar-refractivity contribution is 5.91. The Balaban J connectivity index is 1.77. The molecule has 0 unspecified atom stereocenters.